The van der Waals surface area contributed by atoms with E-state index in [9.17, 15) is 0 Å². The molecule has 0 fully saturated rings. The van der Waals surface area contributed by atoms with Gasteiger partial charge in [0.15, 0.2) is 17.1 Å². The van der Waals surface area contributed by atoms with Crippen LogP contribution in [0.1, 0.15) is 0 Å². The van der Waals surface area contributed by atoms with Gasteiger partial charge in [0.1, 0.15) is 5.52 Å². The molecule has 3 aromatic rings. The zero-order chi connectivity index (χ0) is 13.9. The molecule has 0 aliphatic carbocycles. The van der Waals surface area contributed by atoms with Crippen molar-refractivity contribution in [3.8, 4) is 22.8 Å². The first-order chi connectivity index (χ1) is 9.81. The molecule has 5 nitrogen and oxygen atoms in total. The minimum absolute atomic E-state index is 0.625. The number of hydrogen-bond acceptors (Lipinski definition) is 5. The first-order valence-corrected chi connectivity index (χ1v) is 6.12. The van der Waals surface area contributed by atoms with Crippen LogP contribution in [0.15, 0.2) is 42.7 Å². The van der Waals surface area contributed by atoms with Crippen LogP contribution >= 0.6 is 0 Å². The molecule has 0 saturated heterocycles. The standard InChI is InChI=1S/C15H13N3O2/c1-19-13-6-3-10(9-14(13)20-2)11-4-5-12-15(18-11)17-8-7-16-12/h3-9H,1-2H3. The third kappa shape index (κ3) is 2.14. The number of benzene rings is 1. The Hall–Kier alpha value is -2.69. The van der Waals surface area contributed by atoms with E-state index in [0.717, 1.165) is 16.8 Å². The number of fused-ring (bicyclic) bond motifs is 1. The van der Waals surface area contributed by atoms with Crippen LogP contribution in [0, 0.1) is 0 Å². The average Bonchev–Trinajstić information content (AvgIpc) is 2.53. The third-order valence-corrected chi connectivity index (χ3v) is 3.01. The second kappa shape index (κ2) is 5.13. The Morgan fingerprint density at radius 2 is 1.65 bits per heavy atom. The SMILES string of the molecule is COc1ccc(-c2ccc3nccnc3n2)cc1OC. The van der Waals surface area contributed by atoms with Crippen molar-refractivity contribution in [2.24, 2.45) is 0 Å². The summed E-state index contributed by atoms with van der Waals surface area (Å²) in [6.45, 7) is 0. The van der Waals surface area contributed by atoms with Crippen LogP contribution in [0.2, 0.25) is 0 Å². The summed E-state index contributed by atoms with van der Waals surface area (Å²) in [6, 6.07) is 9.51. The molecule has 2 aromatic heterocycles. The first-order valence-electron chi connectivity index (χ1n) is 6.12. The molecule has 5 heteroatoms. The van der Waals surface area contributed by atoms with Gasteiger partial charge >= 0.3 is 0 Å². The Balaban J connectivity index is 2.10. The molecular formula is C15H13N3O2. The summed E-state index contributed by atoms with van der Waals surface area (Å²) in [5.41, 5.74) is 3.16. The van der Waals surface area contributed by atoms with Crippen LogP contribution in [0.3, 0.4) is 0 Å². The lowest BCUT2D eigenvalue weighted by molar-refractivity contribution is 0.355. The molecule has 20 heavy (non-hydrogen) atoms. The summed E-state index contributed by atoms with van der Waals surface area (Å²) in [5, 5.41) is 0. The van der Waals surface area contributed by atoms with E-state index in [1.165, 1.54) is 0 Å². The molecule has 0 bridgehead atoms. The van der Waals surface area contributed by atoms with Crippen LogP contribution in [0.25, 0.3) is 22.4 Å². The lowest BCUT2D eigenvalue weighted by atomic mass is 10.1. The lowest BCUT2D eigenvalue weighted by Crippen LogP contribution is -1.93. The number of aromatic nitrogens is 3. The van der Waals surface area contributed by atoms with Crippen LogP contribution in [-0.2, 0) is 0 Å². The van der Waals surface area contributed by atoms with E-state index in [1.807, 2.05) is 30.3 Å². The highest BCUT2D eigenvalue weighted by Crippen LogP contribution is 2.31. The fourth-order valence-electron chi connectivity index (χ4n) is 2.01. The molecule has 0 saturated carbocycles. The Labute approximate surface area is 116 Å². The van der Waals surface area contributed by atoms with Crippen molar-refractivity contribution in [3.05, 3.63) is 42.7 Å². The molecule has 0 spiro atoms. The van der Waals surface area contributed by atoms with E-state index in [0.29, 0.717) is 17.1 Å². The van der Waals surface area contributed by atoms with E-state index in [1.54, 1.807) is 26.6 Å². The Bertz CT molecular complexity index is 759. The molecule has 3 rings (SSSR count). The van der Waals surface area contributed by atoms with E-state index in [4.69, 9.17) is 9.47 Å². The molecular weight excluding hydrogens is 254 g/mol. The maximum atomic E-state index is 5.31. The quantitative estimate of drug-likeness (QED) is 0.730. The Morgan fingerprint density at radius 1 is 0.850 bits per heavy atom. The van der Waals surface area contributed by atoms with Crippen LogP contribution < -0.4 is 9.47 Å². The zero-order valence-corrected chi connectivity index (χ0v) is 11.2. The number of pyridine rings is 1. The van der Waals surface area contributed by atoms with Crippen LogP contribution in [-0.4, -0.2) is 29.2 Å². The van der Waals surface area contributed by atoms with Crippen molar-refractivity contribution >= 4 is 11.2 Å². The summed E-state index contributed by atoms with van der Waals surface area (Å²) in [6.07, 6.45) is 3.29. The number of nitrogens with zero attached hydrogens (tertiary/aromatic N) is 3. The number of methoxy groups -OCH3 is 2. The average molecular weight is 267 g/mol. The highest BCUT2D eigenvalue weighted by Gasteiger charge is 2.08. The molecule has 0 amide bonds. The molecule has 0 N–H and O–H groups in total. The summed E-state index contributed by atoms with van der Waals surface area (Å²) in [4.78, 5) is 12.9. The predicted molar refractivity (Wildman–Crippen MR) is 75.9 cm³/mol. The number of ether oxygens (including phenoxy) is 2. The van der Waals surface area contributed by atoms with Gasteiger partial charge in [0, 0.05) is 18.0 Å². The van der Waals surface area contributed by atoms with E-state index < -0.39 is 0 Å². The first kappa shape index (κ1) is 12.3. The van der Waals surface area contributed by atoms with Gasteiger partial charge in [-0.25, -0.2) is 9.97 Å². The van der Waals surface area contributed by atoms with Gasteiger partial charge in [-0.15, -0.1) is 0 Å². The maximum absolute atomic E-state index is 5.31. The van der Waals surface area contributed by atoms with Gasteiger partial charge in [-0.05, 0) is 30.3 Å². The zero-order valence-electron chi connectivity index (χ0n) is 11.2. The molecule has 0 unspecified atom stereocenters. The monoisotopic (exact) mass is 267 g/mol. The van der Waals surface area contributed by atoms with Crippen molar-refractivity contribution in [1.82, 2.24) is 15.0 Å². The molecule has 0 aliphatic heterocycles. The van der Waals surface area contributed by atoms with Crippen LogP contribution in [0.4, 0.5) is 0 Å². The lowest BCUT2D eigenvalue weighted by Gasteiger charge is -2.09. The third-order valence-electron chi connectivity index (χ3n) is 3.01. The van der Waals surface area contributed by atoms with Gasteiger partial charge in [-0.3, -0.25) is 4.98 Å². The highest BCUT2D eigenvalue weighted by atomic mass is 16.5. The molecule has 0 radical (unpaired) electrons. The van der Waals surface area contributed by atoms with Gasteiger partial charge in [0.25, 0.3) is 0 Å². The topological polar surface area (TPSA) is 57.1 Å². The van der Waals surface area contributed by atoms with E-state index in [2.05, 4.69) is 15.0 Å². The van der Waals surface area contributed by atoms with Gasteiger partial charge in [0.2, 0.25) is 0 Å². The van der Waals surface area contributed by atoms with Gasteiger partial charge in [0.05, 0.1) is 19.9 Å². The van der Waals surface area contributed by atoms with Crippen molar-refractivity contribution in [1.29, 1.82) is 0 Å². The summed E-state index contributed by atoms with van der Waals surface area (Å²) in [7, 11) is 3.22. The number of rotatable bonds is 3. The van der Waals surface area contributed by atoms with Gasteiger partial charge in [-0.2, -0.15) is 0 Å². The maximum Gasteiger partial charge on any atom is 0.178 e. The molecule has 100 valence electrons. The highest BCUT2D eigenvalue weighted by molar-refractivity contribution is 5.75. The molecule has 0 atom stereocenters. The molecule has 2 heterocycles. The Kier molecular flexibility index (Phi) is 3.16. The largest absolute Gasteiger partial charge is 0.493 e. The minimum atomic E-state index is 0.625. The van der Waals surface area contributed by atoms with Crippen molar-refractivity contribution in [2.75, 3.05) is 14.2 Å². The van der Waals surface area contributed by atoms with Gasteiger partial charge < -0.3 is 9.47 Å². The second-order valence-corrected chi connectivity index (χ2v) is 4.17. The molecule has 0 aliphatic rings. The second-order valence-electron chi connectivity index (χ2n) is 4.17. The minimum Gasteiger partial charge on any atom is -0.493 e. The normalized spacial score (nSPS) is 10.5. The molecule has 1 aromatic carbocycles. The fourth-order valence-corrected chi connectivity index (χ4v) is 2.01. The van der Waals surface area contributed by atoms with Crippen LogP contribution in [0.5, 0.6) is 11.5 Å². The summed E-state index contributed by atoms with van der Waals surface area (Å²) < 4.78 is 10.5. The van der Waals surface area contributed by atoms with Crippen molar-refractivity contribution in [3.63, 3.8) is 0 Å². The van der Waals surface area contributed by atoms with E-state index in [-0.39, 0.29) is 0 Å². The van der Waals surface area contributed by atoms with Gasteiger partial charge in [-0.1, -0.05) is 0 Å². The number of hydrogen-bond donors (Lipinski definition) is 0. The smallest absolute Gasteiger partial charge is 0.178 e. The fraction of sp³-hybridized carbons (Fsp3) is 0.133. The summed E-state index contributed by atoms with van der Waals surface area (Å²) in [5.74, 6) is 1.36. The predicted octanol–water partition coefficient (Wildman–Crippen LogP) is 2.71. The van der Waals surface area contributed by atoms with Crippen molar-refractivity contribution in [2.45, 2.75) is 0 Å². The van der Waals surface area contributed by atoms with Crippen molar-refractivity contribution < 1.29 is 9.47 Å². The van der Waals surface area contributed by atoms with E-state index >= 15 is 0 Å². The Morgan fingerprint density at radius 3 is 2.45 bits per heavy atom. The summed E-state index contributed by atoms with van der Waals surface area (Å²) >= 11 is 0.